The zero-order valence-electron chi connectivity index (χ0n) is 9.92. The van der Waals surface area contributed by atoms with Crippen molar-refractivity contribution in [1.82, 2.24) is 14.5 Å². The smallest absolute Gasteiger partial charge is 0.164 e. The van der Waals surface area contributed by atoms with E-state index >= 15 is 0 Å². The molecule has 0 unspecified atom stereocenters. The van der Waals surface area contributed by atoms with E-state index in [2.05, 4.69) is 9.97 Å². The maximum atomic E-state index is 9.98. The third-order valence-corrected chi connectivity index (χ3v) is 3.31. The number of aromatic nitrogens is 3. The van der Waals surface area contributed by atoms with Gasteiger partial charge in [-0.3, -0.25) is 0 Å². The number of hydrogen-bond acceptors (Lipinski definition) is 7. The number of anilines is 1. The molecule has 0 bridgehead atoms. The standard InChI is InChI=1S/C11H14N4O4/c12-10-7-5(1-2-13-10)15(4-14-7)11-9(18)8(17)6(3-16)19-11/h1-2,4,6,8-9,11,16-18H,3H2,(H2,12,13)/t6-,8+,9-,11+/m0/s1. The summed E-state index contributed by atoms with van der Waals surface area (Å²) in [5.41, 5.74) is 6.85. The molecule has 5 N–H and O–H groups in total. The van der Waals surface area contributed by atoms with Crippen molar-refractivity contribution in [3.63, 3.8) is 0 Å². The number of nitrogens with zero attached hydrogens (tertiary/aromatic N) is 3. The van der Waals surface area contributed by atoms with E-state index in [1.807, 2.05) is 0 Å². The molecule has 0 spiro atoms. The quantitative estimate of drug-likeness (QED) is 0.528. The lowest BCUT2D eigenvalue weighted by Gasteiger charge is -2.16. The molecule has 3 heterocycles. The predicted octanol–water partition coefficient (Wildman–Crippen LogP) is -1.38. The maximum Gasteiger partial charge on any atom is 0.164 e. The summed E-state index contributed by atoms with van der Waals surface area (Å²) in [4.78, 5) is 8.03. The Morgan fingerprint density at radius 1 is 1.32 bits per heavy atom. The lowest BCUT2D eigenvalue weighted by molar-refractivity contribution is -0.0508. The average Bonchev–Trinajstić information content (AvgIpc) is 2.94. The van der Waals surface area contributed by atoms with Gasteiger partial charge in [0, 0.05) is 6.20 Å². The molecule has 8 nitrogen and oxygen atoms in total. The van der Waals surface area contributed by atoms with Crippen LogP contribution in [0.1, 0.15) is 6.23 Å². The first-order valence-corrected chi connectivity index (χ1v) is 5.83. The largest absolute Gasteiger partial charge is 0.394 e. The van der Waals surface area contributed by atoms with Gasteiger partial charge < -0.3 is 30.4 Å². The van der Waals surface area contributed by atoms with Gasteiger partial charge in [0.1, 0.15) is 23.8 Å². The maximum absolute atomic E-state index is 9.98. The average molecular weight is 266 g/mol. The summed E-state index contributed by atoms with van der Waals surface area (Å²) in [7, 11) is 0. The zero-order valence-corrected chi connectivity index (χ0v) is 9.92. The SMILES string of the molecule is Nc1nccc2c1ncn2[C@@H]1O[C@@H](CO)[C@@H](O)[C@@H]1O. The topological polar surface area (TPSA) is 127 Å². The van der Waals surface area contributed by atoms with Gasteiger partial charge in [0.15, 0.2) is 12.0 Å². The lowest BCUT2D eigenvalue weighted by Crippen LogP contribution is -2.33. The Kier molecular flexibility index (Phi) is 2.86. The first-order chi connectivity index (χ1) is 9.13. The number of hydrogen-bond donors (Lipinski definition) is 4. The Balaban J connectivity index is 2.04. The molecule has 1 fully saturated rings. The van der Waals surface area contributed by atoms with E-state index in [4.69, 9.17) is 15.6 Å². The normalized spacial score (nSPS) is 31.1. The van der Waals surface area contributed by atoms with Crippen molar-refractivity contribution in [1.29, 1.82) is 0 Å². The van der Waals surface area contributed by atoms with E-state index in [9.17, 15) is 10.2 Å². The van der Waals surface area contributed by atoms with Gasteiger partial charge in [-0.1, -0.05) is 0 Å². The van der Waals surface area contributed by atoms with E-state index in [0.717, 1.165) is 0 Å². The molecule has 0 saturated carbocycles. The van der Waals surface area contributed by atoms with Crippen LogP contribution in [0.5, 0.6) is 0 Å². The van der Waals surface area contributed by atoms with E-state index in [0.29, 0.717) is 11.0 Å². The molecule has 0 aliphatic carbocycles. The molecule has 1 aliphatic rings. The van der Waals surface area contributed by atoms with Crippen molar-refractivity contribution in [2.75, 3.05) is 12.3 Å². The molecule has 2 aromatic heterocycles. The molecule has 0 aromatic carbocycles. The first kappa shape index (κ1) is 12.3. The van der Waals surface area contributed by atoms with Gasteiger partial charge in [0.25, 0.3) is 0 Å². The molecule has 1 saturated heterocycles. The molecule has 0 radical (unpaired) electrons. The van der Waals surface area contributed by atoms with E-state index in [-0.39, 0.29) is 12.4 Å². The minimum atomic E-state index is -1.15. The van der Waals surface area contributed by atoms with Gasteiger partial charge in [-0.2, -0.15) is 0 Å². The molecule has 102 valence electrons. The number of aliphatic hydroxyl groups excluding tert-OH is 3. The third kappa shape index (κ3) is 1.77. The summed E-state index contributed by atoms with van der Waals surface area (Å²) < 4.78 is 7.01. The number of nitrogen functional groups attached to an aromatic ring is 1. The van der Waals surface area contributed by atoms with E-state index < -0.39 is 24.5 Å². The molecule has 19 heavy (non-hydrogen) atoms. The number of rotatable bonds is 2. The summed E-state index contributed by atoms with van der Waals surface area (Å²) >= 11 is 0. The second-order valence-corrected chi connectivity index (χ2v) is 4.44. The Labute approximate surface area is 108 Å². The third-order valence-electron chi connectivity index (χ3n) is 3.31. The van der Waals surface area contributed by atoms with Crippen LogP contribution in [0.15, 0.2) is 18.6 Å². The van der Waals surface area contributed by atoms with Crippen LogP contribution in [-0.2, 0) is 4.74 Å². The van der Waals surface area contributed by atoms with Gasteiger partial charge in [-0.25, -0.2) is 9.97 Å². The Bertz CT molecular complexity index is 601. The number of fused-ring (bicyclic) bond motifs is 1. The fourth-order valence-electron chi connectivity index (χ4n) is 2.29. The van der Waals surface area contributed by atoms with Crippen molar-refractivity contribution in [2.24, 2.45) is 0 Å². The molecule has 0 amide bonds. The van der Waals surface area contributed by atoms with Crippen LogP contribution in [0.3, 0.4) is 0 Å². The van der Waals surface area contributed by atoms with Crippen molar-refractivity contribution in [2.45, 2.75) is 24.5 Å². The molecular formula is C11H14N4O4. The number of aliphatic hydroxyl groups is 3. The monoisotopic (exact) mass is 266 g/mol. The molecule has 8 heteroatoms. The van der Waals surface area contributed by atoms with Gasteiger partial charge in [-0.15, -0.1) is 0 Å². The fraction of sp³-hybridized carbons (Fsp3) is 0.455. The van der Waals surface area contributed by atoms with Gasteiger partial charge in [0.05, 0.1) is 18.5 Å². The summed E-state index contributed by atoms with van der Waals surface area (Å²) in [6, 6.07) is 1.69. The number of pyridine rings is 1. The first-order valence-electron chi connectivity index (χ1n) is 5.83. The Morgan fingerprint density at radius 3 is 2.79 bits per heavy atom. The highest BCUT2D eigenvalue weighted by atomic mass is 16.6. The van der Waals surface area contributed by atoms with E-state index in [1.165, 1.54) is 12.5 Å². The fourth-order valence-corrected chi connectivity index (χ4v) is 2.29. The summed E-state index contributed by atoms with van der Waals surface area (Å²) in [6.07, 6.45) is -0.952. The number of nitrogens with two attached hydrogens (primary N) is 1. The number of ether oxygens (including phenoxy) is 1. The number of imidazole rings is 1. The summed E-state index contributed by atoms with van der Waals surface area (Å²) in [6.45, 7) is -0.370. The van der Waals surface area contributed by atoms with Crippen LogP contribution in [0, 0.1) is 0 Å². The van der Waals surface area contributed by atoms with Crippen LogP contribution in [0.2, 0.25) is 0 Å². The van der Waals surface area contributed by atoms with Crippen molar-refractivity contribution in [3.8, 4) is 0 Å². The summed E-state index contributed by atoms with van der Waals surface area (Å²) in [5.74, 6) is 0.281. The van der Waals surface area contributed by atoms with Crippen LogP contribution in [0.4, 0.5) is 5.82 Å². The molecule has 3 rings (SSSR count). The van der Waals surface area contributed by atoms with Crippen molar-refractivity contribution < 1.29 is 20.1 Å². The van der Waals surface area contributed by atoms with Gasteiger partial charge in [0.2, 0.25) is 0 Å². The van der Waals surface area contributed by atoms with Crippen molar-refractivity contribution in [3.05, 3.63) is 18.6 Å². The molecule has 2 aromatic rings. The summed E-state index contributed by atoms with van der Waals surface area (Å²) in [5, 5.41) is 28.8. The predicted molar refractivity (Wildman–Crippen MR) is 64.9 cm³/mol. The molecular weight excluding hydrogens is 252 g/mol. The van der Waals surface area contributed by atoms with E-state index in [1.54, 1.807) is 10.6 Å². The van der Waals surface area contributed by atoms with Crippen LogP contribution >= 0.6 is 0 Å². The lowest BCUT2D eigenvalue weighted by atomic mass is 10.1. The minimum Gasteiger partial charge on any atom is -0.394 e. The highest BCUT2D eigenvalue weighted by Crippen LogP contribution is 2.32. The second kappa shape index (κ2) is 4.42. The highest BCUT2D eigenvalue weighted by molar-refractivity contribution is 5.84. The van der Waals surface area contributed by atoms with Crippen LogP contribution in [-0.4, -0.2) is 54.8 Å². The highest BCUT2D eigenvalue weighted by Gasteiger charge is 2.43. The van der Waals surface area contributed by atoms with Crippen molar-refractivity contribution >= 4 is 16.9 Å². The minimum absolute atomic E-state index is 0.281. The Morgan fingerprint density at radius 2 is 2.11 bits per heavy atom. The van der Waals surface area contributed by atoms with Crippen LogP contribution < -0.4 is 5.73 Å². The zero-order chi connectivity index (χ0) is 13.6. The second-order valence-electron chi connectivity index (χ2n) is 4.44. The van der Waals surface area contributed by atoms with Crippen LogP contribution in [0.25, 0.3) is 11.0 Å². The van der Waals surface area contributed by atoms with Gasteiger partial charge in [-0.05, 0) is 6.07 Å². The Hall–Kier alpha value is -1.74. The molecule has 1 aliphatic heterocycles. The molecule has 4 atom stereocenters. The van der Waals surface area contributed by atoms with Gasteiger partial charge >= 0.3 is 0 Å².